The van der Waals surface area contributed by atoms with E-state index < -0.39 is 0 Å². The number of amides is 1. The lowest BCUT2D eigenvalue weighted by Gasteiger charge is -2.20. The number of nitrogens with zero attached hydrogens (tertiary/aromatic N) is 1. The van der Waals surface area contributed by atoms with Crippen LogP contribution >= 0.6 is 23.7 Å². The molecule has 118 valence electrons. The summed E-state index contributed by atoms with van der Waals surface area (Å²) in [5.41, 5.74) is 3.23. The van der Waals surface area contributed by atoms with Crippen molar-refractivity contribution in [3.63, 3.8) is 0 Å². The third kappa shape index (κ3) is 4.06. The summed E-state index contributed by atoms with van der Waals surface area (Å²) in [6, 6.07) is 8.26. The van der Waals surface area contributed by atoms with Crippen molar-refractivity contribution in [2.75, 3.05) is 18.4 Å². The molecule has 0 aliphatic carbocycles. The minimum absolute atomic E-state index is 0. The van der Waals surface area contributed by atoms with Crippen LogP contribution < -0.4 is 10.6 Å². The standard InChI is InChI=1S/C16H19N3OS.ClH/c1-11-2-4-12(5-3-11)14-10-21-16(18-14)19-15(20)13-6-8-17-9-7-13;/h2-5,10,13,17H,6-9H2,1H3,(H,18,19,20);1H. The van der Waals surface area contributed by atoms with Crippen LogP contribution in [-0.2, 0) is 4.79 Å². The van der Waals surface area contributed by atoms with E-state index in [2.05, 4.69) is 46.8 Å². The maximum Gasteiger partial charge on any atom is 0.229 e. The number of hydrogen-bond acceptors (Lipinski definition) is 4. The van der Waals surface area contributed by atoms with Gasteiger partial charge in [-0.25, -0.2) is 4.98 Å². The fourth-order valence-corrected chi connectivity index (χ4v) is 3.20. The molecule has 3 rings (SSSR count). The molecule has 2 heterocycles. The zero-order valence-electron chi connectivity index (χ0n) is 12.5. The maximum absolute atomic E-state index is 12.2. The Morgan fingerprint density at radius 2 is 1.95 bits per heavy atom. The fourth-order valence-electron chi connectivity index (χ4n) is 2.48. The summed E-state index contributed by atoms with van der Waals surface area (Å²) in [5.74, 6) is 0.208. The molecule has 0 saturated carbocycles. The number of benzene rings is 1. The lowest BCUT2D eigenvalue weighted by Crippen LogP contribution is -2.34. The zero-order chi connectivity index (χ0) is 14.7. The Hall–Kier alpha value is -1.43. The fraction of sp³-hybridized carbons (Fsp3) is 0.375. The van der Waals surface area contributed by atoms with Crippen molar-refractivity contribution in [2.45, 2.75) is 19.8 Å². The predicted octanol–water partition coefficient (Wildman–Crippen LogP) is 3.48. The first kappa shape index (κ1) is 16.9. The highest BCUT2D eigenvalue weighted by atomic mass is 35.5. The number of halogens is 1. The van der Waals surface area contributed by atoms with Crippen molar-refractivity contribution in [1.82, 2.24) is 10.3 Å². The Balaban J connectivity index is 0.00000176. The average molecular weight is 338 g/mol. The van der Waals surface area contributed by atoms with Gasteiger partial charge < -0.3 is 10.6 Å². The number of hydrogen-bond donors (Lipinski definition) is 2. The summed E-state index contributed by atoms with van der Waals surface area (Å²) in [5, 5.41) is 8.90. The molecule has 6 heteroatoms. The van der Waals surface area contributed by atoms with Crippen LogP contribution in [0.15, 0.2) is 29.6 Å². The first-order valence-corrected chi connectivity index (χ1v) is 8.14. The molecule has 2 aromatic rings. The first-order valence-electron chi connectivity index (χ1n) is 7.26. The van der Waals surface area contributed by atoms with E-state index in [9.17, 15) is 4.79 Å². The molecule has 4 nitrogen and oxygen atoms in total. The highest BCUT2D eigenvalue weighted by Gasteiger charge is 2.21. The molecule has 1 aliphatic rings. The zero-order valence-corrected chi connectivity index (χ0v) is 14.1. The van der Waals surface area contributed by atoms with Crippen LogP contribution in [0.5, 0.6) is 0 Å². The maximum atomic E-state index is 12.2. The summed E-state index contributed by atoms with van der Waals surface area (Å²) in [6.45, 7) is 3.91. The van der Waals surface area contributed by atoms with Crippen molar-refractivity contribution in [2.24, 2.45) is 5.92 Å². The molecule has 0 spiro atoms. The van der Waals surface area contributed by atoms with Gasteiger partial charge in [0.15, 0.2) is 5.13 Å². The smallest absolute Gasteiger partial charge is 0.229 e. The van der Waals surface area contributed by atoms with Gasteiger partial charge in [-0.3, -0.25) is 4.79 Å². The molecule has 1 aliphatic heterocycles. The third-order valence-electron chi connectivity index (χ3n) is 3.79. The SMILES string of the molecule is Cc1ccc(-c2csc(NC(=O)C3CCNCC3)n2)cc1.Cl. The Bertz CT molecular complexity index is 621. The van der Waals surface area contributed by atoms with Crippen LogP contribution in [0, 0.1) is 12.8 Å². The minimum atomic E-state index is 0. The van der Waals surface area contributed by atoms with Gasteiger partial charge in [-0.15, -0.1) is 23.7 Å². The first-order chi connectivity index (χ1) is 10.2. The lowest BCUT2D eigenvalue weighted by atomic mass is 9.97. The van der Waals surface area contributed by atoms with Crippen LogP contribution in [-0.4, -0.2) is 24.0 Å². The molecule has 22 heavy (non-hydrogen) atoms. The highest BCUT2D eigenvalue weighted by molar-refractivity contribution is 7.14. The van der Waals surface area contributed by atoms with Crippen molar-refractivity contribution < 1.29 is 4.79 Å². The van der Waals surface area contributed by atoms with Crippen LogP contribution in [0.4, 0.5) is 5.13 Å². The molecule has 0 unspecified atom stereocenters. The van der Waals surface area contributed by atoms with Gasteiger partial charge in [0.05, 0.1) is 5.69 Å². The number of rotatable bonds is 3. The van der Waals surface area contributed by atoms with Crippen molar-refractivity contribution in [1.29, 1.82) is 0 Å². The summed E-state index contributed by atoms with van der Waals surface area (Å²) < 4.78 is 0. The molecule has 1 saturated heterocycles. The van der Waals surface area contributed by atoms with Crippen molar-refractivity contribution in [3.8, 4) is 11.3 Å². The van der Waals surface area contributed by atoms with E-state index in [1.165, 1.54) is 16.9 Å². The Morgan fingerprint density at radius 3 is 2.64 bits per heavy atom. The number of piperidine rings is 1. The van der Waals surface area contributed by atoms with E-state index >= 15 is 0 Å². The Labute approximate surface area is 140 Å². The monoisotopic (exact) mass is 337 g/mol. The van der Waals surface area contributed by atoms with Gasteiger partial charge >= 0.3 is 0 Å². The number of aromatic nitrogens is 1. The van der Waals surface area contributed by atoms with Gasteiger partial charge in [0, 0.05) is 16.9 Å². The molecule has 0 atom stereocenters. The average Bonchev–Trinajstić information content (AvgIpc) is 2.97. The van der Waals surface area contributed by atoms with E-state index in [0.717, 1.165) is 37.2 Å². The minimum Gasteiger partial charge on any atom is -0.317 e. The third-order valence-corrected chi connectivity index (χ3v) is 4.55. The van der Waals surface area contributed by atoms with Crippen molar-refractivity contribution in [3.05, 3.63) is 35.2 Å². The van der Waals surface area contributed by atoms with Gasteiger partial charge in [0.2, 0.25) is 5.91 Å². The number of aryl methyl sites for hydroxylation is 1. The van der Waals surface area contributed by atoms with E-state index in [4.69, 9.17) is 0 Å². The van der Waals surface area contributed by atoms with Crippen LogP contribution in [0.25, 0.3) is 11.3 Å². The Kier molecular flexibility index (Phi) is 5.94. The number of carbonyl (C=O) groups excluding carboxylic acids is 1. The molecule has 0 radical (unpaired) electrons. The normalized spacial score (nSPS) is 15.1. The van der Waals surface area contributed by atoms with E-state index in [1.54, 1.807) is 0 Å². The van der Waals surface area contributed by atoms with E-state index in [-0.39, 0.29) is 24.2 Å². The molecule has 2 N–H and O–H groups in total. The number of carbonyl (C=O) groups is 1. The van der Waals surface area contributed by atoms with Gasteiger partial charge in [0.25, 0.3) is 0 Å². The van der Waals surface area contributed by atoms with Gasteiger partial charge in [0.1, 0.15) is 0 Å². The second kappa shape index (κ2) is 7.72. The van der Waals surface area contributed by atoms with Gasteiger partial charge in [-0.2, -0.15) is 0 Å². The molecule has 1 amide bonds. The molecule has 0 bridgehead atoms. The second-order valence-electron chi connectivity index (χ2n) is 5.42. The van der Waals surface area contributed by atoms with Crippen molar-refractivity contribution >= 4 is 34.8 Å². The molecule has 1 fully saturated rings. The van der Waals surface area contributed by atoms with Gasteiger partial charge in [-0.05, 0) is 32.9 Å². The lowest BCUT2D eigenvalue weighted by molar-refractivity contribution is -0.120. The number of anilines is 1. The number of nitrogens with one attached hydrogen (secondary N) is 2. The van der Waals surface area contributed by atoms with E-state index in [1.807, 2.05) is 5.38 Å². The van der Waals surface area contributed by atoms with Gasteiger partial charge in [-0.1, -0.05) is 29.8 Å². The second-order valence-corrected chi connectivity index (χ2v) is 6.28. The summed E-state index contributed by atoms with van der Waals surface area (Å²) in [6.07, 6.45) is 1.81. The quantitative estimate of drug-likeness (QED) is 0.901. The predicted molar refractivity (Wildman–Crippen MR) is 93.8 cm³/mol. The van der Waals surface area contributed by atoms with Crippen LogP contribution in [0.3, 0.4) is 0 Å². The Morgan fingerprint density at radius 1 is 1.27 bits per heavy atom. The van der Waals surface area contributed by atoms with Crippen LogP contribution in [0.2, 0.25) is 0 Å². The highest BCUT2D eigenvalue weighted by Crippen LogP contribution is 2.26. The van der Waals surface area contributed by atoms with Crippen LogP contribution in [0.1, 0.15) is 18.4 Å². The molecule has 1 aromatic carbocycles. The summed E-state index contributed by atoms with van der Waals surface area (Å²) in [4.78, 5) is 16.7. The molecular weight excluding hydrogens is 318 g/mol. The molecular formula is C16H20ClN3OS. The molecule has 1 aromatic heterocycles. The summed E-state index contributed by atoms with van der Waals surface area (Å²) >= 11 is 1.48. The topological polar surface area (TPSA) is 54.0 Å². The number of thiazole rings is 1. The van der Waals surface area contributed by atoms with E-state index in [0.29, 0.717) is 5.13 Å². The largest absolute Gasteiger partial charge is 0.317 e. The summed E-state index contributed by atoms with van der Waals surface area (Å²) in [7, 11) is 0.